The fourth-order valence-corrected chi connectivity index (χ4v) is 3.44. The van der Waals surface area contributed by atoms with Gasteiger partial charge < -0.3 is 25.4 Å². The third kappa shape index (κ3) is 3.38. The highest BCUT2D eigenvalue weighted by atomic mass is 16.5. The number of hydrogen-bond donors (Lipinski definition) is 2. The van der Waals surface area contributed by atoms with Crippen LogP contribution >= 0.6 is 0 Å². The summed E-state index contributed by atoms with van der Waals surface area (Å²) in [6.45, 7) is 1.65. The van der Waals surface area contributed by atoms with Crippen molar-refractivity contribution in [3.05, 3.63) is 59.9 Å². The molecule has 1 aliphatic rings. The van der Waals surface area contributed by atoms with E-state index in [0.29, 0.717) is 23.0 Å². The van der Waals surface area contributed by atoms with Crippen molar-refractivity contribution in [1.29, 1.82) is 0 Å². The molecule has 0 saturated heterocycles. The Labute approximate surface area is 164 Å². The van der Waals surface area contributed by atoms with Crippen LogP contribution < -0.4 is 25.4 Å². The van der Waals surface area contributed by atoms with E-state index in [1.54, 1.807) is 14.2 Å². The summed E-state index contributed by atoms with van der Waals surface area (Å²) in [6.07, 6.45) is 2.50. The number of hydrogen-bond acceptors (Lipinski definition) is 7. The molecule has 2 heterocycles. The Bertz CT molecular complexity index is 992. The number of rotatable bonds is 5. The second kappa shape index (κ2) is 7.64. The van der Waals surface area contributed by atoms with Crippen molar-refractivity contribution in [2.24, 2.45) is 0 Å². The van der Waals surface area contributed by atoms with Crippen LogP contribution in [0, 0.1) is 0 Å². The van der Waals surface area contributed by atoms with Gasteiger partial charge in [-0.3, -0.25) is 0 Å². The number of nitrogens with two attached hydrogens (primary N) is 1. The topological polar surface area (TPSA) is 85.5 Å². The van der Waals surface area contributed by atoms with Gasteiger partial charge in [-0.25, -0.2) is 9.97 Å². The maximum absolute atomic E-state index is 6.43. The fourth-order valence-electron chi connectivity index (χ4n) is 3.44. The van der Waals surface area contributed by atoms with Gasteiger partial charge in [0.15, 0.2) is 11.6 Å². The number of aromatic nitrogens is 2. The number of nitrogens with one attached hydrogen (secondary N) is 1. The van der Waals surface area contributed by atoms with Gasteiger partial charge in [0.2, 0.25) is 0 Å². The molecule has 0 atom stereocenters. The molecule has 2 aromatic carbocycles. The molecule has 0 fully saturated rings. The lowest BCUT2D eigenvalue weighted by molar-refractivity contribution is 0.395. The first kappa shape index (κ1) is 17.9. The predicted molar refractivity (Wildman–Crippen MR) is 110 cm³/mol. The molecule has 0 bridgehead atoms. The fraction of sp³-hybridized carbons (Fsp3) is 0.238. The Hall–Kier alpha value is -3.48. The Kier molecular flexibility index (Phi) is 4.89. The minimum atomic E-state index is 0.514. The average Bonchev–Trinajstić information content (AvgIpc) is 2.75. The highest BCUT2D eigenvalue weighted by Gasteiger charge is 2.21. The SMILES string of the molecule is COc1ccc(Nc2ncnc(N3CCc4ccccc4C3)c2N)c(OC)c1. The van der Waals surface area contributed by atoms with E-state index in [1.165, 1.54) is 17.5 Å². The van der Waals surface area contributed by atoms with Gasteiger partial charge >= 0.3 is 0 Å². The van der Waals surface area contributed by atoms with Crippen molar-refractivity contribution in [3.63, 3.8) is 0 Å². The van der Waals surface area contributed by atoms with Crippen molar-refractivity contribution in [3.8, 4) is 11.5 Å². The van der Waals surface area contributed by atoms with Crippen molar-refractivity contribution < 1.29 is 9.47 Å². The normalized spacial score (nSPS) is 13.0. The molecule has 7 heteroatoms. The third-order valence-corrected chi connectivity index (χ3v) is 4.95. The number of benzene rings is 2. The van der Waals surface area contributed by atoms with Crippen molar-refractivity contribution in [2.75, 3.05) is 36.7 Å². The molecule has 0 saturated carbocycles. The molecule has 3 N–H and O–H groups in total. The van der Waals surface area contributed by atoms with E-state index in [1.807, 2.05) is 18.2 Å². The molecule has 144 valence electrons. The highest BCUT2D eigenvalue weighted by Crippen LogP contribution is 2.35. The smallest absolute Gasteiger partial charge is 0.159 e. The van der Waals surface area contributed by atoms with Crippen LogP contribution in [0.4, 0.5) is 23.0 Å². The quantitative estimate of drug-likeness (QED) is 0.705. The van der Waals surface area contributed by atoms with Gasteiger partial charge in [0.05, 0.1) is 19.9 Å². The van der Waals surface area contributed by atoms with Crippen LogP contribution in [0.5, 0.6) is 11.5 Å². The number of nitrogens with zero attached hydrogens (tertiary/aromatic N) is 3. The lowest BCUT2D eigenvalue weighted by Crippen LogP contribution is -2.31. The molecular weight excluding hydrogens is 354 g/mol. The summed E-state index contributed by atoms with van der Waals surface area (Å²) in [5, 5.41) is 3.26. The Morgan fingerprint density at radius 3 is 2.64 bits per heavy atom. The van der Waals surface area contributed by atoms with Gasteiger partial charge in [0.1, 0.15) is 23.5 Å². The first-order valence-corrected chi connectivity index (χ1v) is 9.11. The number of methoxy groups -OCH3 is 2. The summed E-state index contributed by atoms with van der Waals surface area (Å²) in [4.78, 5) is 11.0. The number of anilines is 4. The standard InChI is InChI=1S/C21H23N5O2/c1-27-16-7-8-17(18(11-16)28-2)25-20-19(22)21(24-13-23-20)26-10-9-14-5-3-4-6-15(14)12-26/h3-8,11,13H,9-10,12,22H2,1-2H3,(H,23,24,25). The molecule has 0 radical (unpaired) electrons. The number of nitrogen functional groups attached to an aromatic ring is 1. The van der Waals surface area contributed by atoms with E-state index >= 15 is 0 Å². The molecule has 1 aromatic heterocycles. The van der Waals surface area contributed by atoms with Gasteiger partial charge in [-0.15, -0.1) is 0 Å². The van der Waals surface area contributed by atoms with Crippen molar-refractivity contribution in [2.45, 2.75) is 13.0 Å². The van der Waals surface area contributed by atoms with E-state index in [9.17, 15) is 0 Å². The minimum absolute atomic E-state index is 0.514. The average molecular weight is 377 g/mol. The molecule has 4 rings (SSSR count). The summed E-state index contributed by atoms with van der Waals surface area (Å²) in [6, 6.07) is 14.0. The van der Waals surface area contributed by atoms with Crippen LogP contribution in [-0.4, -0.2) is 30.7 Å². The summed E-state index contributed by atoms with van der Waals surface area (Å²) < 4.78 is 10.7. The Morgan fingerprint density at radius 2 is 1.86 bits per heavy atom. The van der Waals surface area contributed by atoms with Crippen LogP contribution in [-0.2, 0) is 13.0 Å². The number of fused-ring (bicyclic) bond motifs is 1. The molecule has 0 amide bonds. The summed E-state index contributed by atoms with van der Waals surface area (Å²) in [7, 11) is 3.23. The number of ether oxygens (including phenoxy) is 2. The van der Waals surface area contributed by atoms with E-state index in [-0.39, 0.29) is 0 Å². The van der Waals surface area contributed by atoms with Crippen LogP contribution in [0.1, 0.15) is 11.1 Å². The third-order valence-electron chi connectivity index (χ3n) is 4.95. The van der Waals surface area contributed by atoms with Gasteiger partial charge in [-0.2, -0.15) is 0 Å². The molecule has 0 unspecified atom stereocenters. The maximum Gasteiger partial charge on any atom is 0.159 e. The van der Waals surface area contributed by atoms with Gasteiger partial charge in [0.25, 0.3) is 0 Å². The zero-order chi connectivity index (χ0) is 19.5. The van der Waals surface area contributed by atoms with Crippen molar-refractivity contribution >= 4 is 23.0 Å². The maximum atomic E-state index is 6.43. The van der Waals surface area contributed by atoms with E-state index in [4.69, 9.17) is 15.2 Å². The van der Waals surface area contributed by atoms with Crippen LogP contribution in [0.25, 0.3) is 0 Å². The van der Waals surface area contributed by atoms with E-state index in [0.717, 1.165) is 31.0 Å². The van der Waals surface area contributed by atoms with Crippen LogP contribution in [0.2, 0.25) is 0 Å². The molecule has 28 heavy (non-hydrogen) atoms. The summed E-state index contributed by atoms with van der Waals surface area (Å²) >= 11 is 0. The van der Waals surface area contributed by atoms with Gasteiger partial charge in [-0.1, -0.05) is 24.3 Å². The highest BCUT2D eigenvalue weighted by molar-refractivity contribution is 5.80. The second-order valence-corrected chi connectivity index (χ2v) is 6.59. The molecular formula is C21H23N5O2. The molecule has 0 aliphatic carbocycles. The molecule has 7 nitrogen and oxygen atoms in total. The van der Waals surface area contributed by atoms with Crippen LogP contribution in [0.15, 0.2) is 48.8 Å². The zero-order valence-electron chi connectivity index (χ0n) is 16.0. The lowest BCUT2D eigenvalue weighted by atomic mass is 10.00. The van der Waals surface area contributed by atoms with Gasteiger partial charge in [0, 0.05) is 19.2 Å². The van der Waals surface area contributed by atoms with E-state index in [2.05, 4.69) is 44.5 Å². The van der Waals surface area contributed by atoms with Crippen molar-refractivity contribution in [1.82, 2.24) is 9.97 Å². The molecule has 0 spiro atoms. The lowest BCUT2D eigenvalue weighted by Gasteiger charge is -2.30. The monoisotopic (exact) mass is 377 g/mol. The van der Waals surface area contributed by atoms with Gasteiger partial charge in [-0.05, 0) is 29.7 Å². The Morgan fingerprint density at radius 1 is 1.04 bits per heavy atom. The first-order chi connectivity index (χ1) is 13.7. The molecule has 3 aromatic rings. The first-order valence-electron chi connectivity index (χ1n) is 9.11. The second-order valence-electron chi connectivity index (χ2n) is 6.59. The summed E-state index contributed by atoms with van der Waals surface area (Å²) in [5.74, 6) is 2.64. The largest absolute Gasteiger partial charge is 0.497 e. The zero-order valence-corrected chi connectivity index (χ0v) is 16.0. The van der Waals surface area contributed by atoms with E-state index < -0.39 is 0 Å². The Balaban J connectivity index is 1.61. The minimum Gasteiger partial charge on any atom is -0.497 e. The predicted octanol–water partition coefficient (Wildman–Crippen LogP) is 3.38. The molecule has 1 aliphatic heterocycles. The van der Waals surface area contributed by atoms with Crippen LogP contribution in [0.3, 0.4) is 0 Å². The summed E-state index contributed by atoms with van der Waals surface area (Å²) in [5.41, 5.74) is 10.4.